The van der Waals surface area contributed by atoms with Gasteiger partial charge in [0.25, 0.3) is 0 Å². The molecule has 0 aliphatic heterocycles. The fourth-order valence-corrected chi connectivity index (χ4v) is 7.48. The van der Waals surface area contributed by atoms with Gasteiger partial charge in [-0.1, -0.05) is 140 Å². The van der Waals surface area contributed by atoms with Crippen LogP contribution in [0.4, 0.5) is 51.2 Å². The lowest BCUT2D eigenvalue weighted by Gasteiger charge is -2.31. The first kappa shape index (κ1) is 31.9. The molecule has 0 saturated carbocycles. The molecular weight excluding hydrogens is 643 g/mol. The second-order valence-electron chi connectivity index (χ2n) is 13.0. The largest absolute Gasteiger partial charge is 0.310 e. The van der Waals surface area contributed by atoms with E-state index in [2.05, 4.69) is 239 Å². The minimum atomic E-state index is 1.09. The first-order valence-electron chi connectivity index (χ1n) is 18.0. The molecule has 0 aliphatic rings. The first-order chi connectivity index (χ1) is 26.3. The fourth-order valence-electron chi connectivity index (χ4n) is 7.48. The number of rotatable bonds is 9. The van der Waals surface area contributed by atoms with Crippen molar-refractivity contribution in [2.24, 2.45) is 0 Å². The lowest BCUT2D eigenvalue weighted by Crippen LogP contribution is -2.13. The average Bonchev–Trinajstić information content (AvgIpc) is 3.24. The molecule has 3 nitrogen and oxygen atoms in total. The highest BCUT2D eigenvalue weighted by Crippen LogP contribution is 2.47. The lowest BCUT2D eigenvalue weighted by molar-refractivity contribution is 1.28. The van der Waals surface area contributed by atoms with Gasteiger partial charge in [-0.2, -0.15) is 0 Å². The Morgan fingerprint density at radius 2 is 0.377 bits per heavy atom. The summed E-state index contributed by atoms with van der Waals surface area (Å²) in [5.41, 5.74) is 10.00. The number of fused-ring (bicyclic) bond motifs is 2. The summed E-state index contributed by atoms with van der Waals surface area (Å²) >= 11 is 0. The van der Waals surface area contributed by atoms with E-state index in [4.69, 9.17) is 0 Å². The molecule has 0 amide bonds. The van der Waals surface area contributed by atoms with E-state index in [-0.39, 0.29) is 0 Å². The summed E-state index contributed by atoms with van der Waals surface area (Å²) in [5, 5.41) is 4.65. The zero-order chi connectivity index (χ0) is 35.4. The number of hydrogen-bond acceptors (Lipinski definition) is 3. The highest BCUT2D eigenvalue weighted by Gasteiger charge is 2.22. The van der Waals surface area contributed by atoms with E-state index >= 15 is 0 Å². The topological polar surface area (TPSA) is 9.72 Å². The Kier molecular flexibility index (Phi) is 8.57. The maximum Gasteiger partial charge on any atom is 0.0541 e. The van der Waals surface area contributed by atoms with Crippen LogP contribution in [0.15, 0.2) is 224 Å². The van der Waals surface area contributed by atoms with E-state index in [1.165, 1.54) is 10.8 Å². The molecule has 9 rings (SSSR count). The number of benzene rings is 9. The molecule has 0 saturated heterocycles. The minimum Gasteiger partial charge on any atom is -0.310 e. The molecule has 0 fully saturated rings. The number of nitrogens with zero attached hydrogens (tertiary/aromatic N) is 3. The summed E-state index contributed by atoms with van der Waals surface area (Å²) < 4.78 is 0. The molecule has 9 aromatic carbocycles. The lowest BCUT2D eigenvalue weighted by atomic mass is 10.0. The van der Waals surface area contributed by atoms with Crippen molar-refractivity contribution >= 4 is 72.7 Å². The van der Waals surface area contributed by atoms with Crippen molar-refractivity contribution in [3.8, 4) is 0 Å². The summed E-state index contributed by atoms with van der Waals surface area (Å²) in [6.45, 7) is 0. The van der Waals surface area contributed by atoms with E-state index in [0.29, 0.717) is 0 Å². The smallest absolute Gasteiger partial charge is 0.0541 e. The third kappa shape index (κ3) is 6.05. The van der Waals surface area contributed by atoms with Gasteiger partial charge in [0.15, 0.2) is 0 Å². The summed E-state index contributed by atoms with van der Waals surface area (Å²) in [6.07, 6.45) is 0. The SMILES string of the molecule is c1ccc(N(c2ccccc2)c2cccc3c(N(c4ccccc4)c4cccc5c(N(c6ccccc6)c6ccccc6)cccc45)cccc23)cc1. The van der Waals surface area contributed by atoms with Crippen molar-refractivity contribution in [2.75, 3.05) is 14.7 Å². The van der Waals surface area contributed by atoms with Crippen molar-refractivity contribution in [1.29, 1.82) is 0 Å². The second-order valence-corrected chi connectivity index (χ2v) is 13.0. The fraction of sp³-hybridized carbons (Fsp3) is 0. The van der Waals surface area contributed by atoms with Crippen molar-refractivity contribution < 1.29 is 0 Å². The Hall–Kier alpha value is -7.10. The summed E-state index contributed by atoms with van der Waals surface area (Å²) in [5.74, 6) is 0. The first-order valence-corrected chi connectivity index (χ1v) is 18.0. The average molecular weight is 680 g/mol. The zero-order valence-electron chi connectivity index (χ0n) is 29.2. The molecule has 0 unspecified atom stereocenters. The highest BCUT2D eigenvalue weighted by molar-refractivity contribution is 6.11. The van der Waals surface area contributed by atoms with Crippen LogP contribution in [0.2, 0.25) is 0 Å². The second kappa shape index (κ2) is 14.3. The Morgan fingerprint density at radius 1 is 0.170 bits per heavy atom. The van der Waals surface area contributed by atoms with Gasteiger partial charge in [0.05, 0.1) is 22.7 Å². The van der Waals surface area contributed by atoms with Gasteiger partial charge < -0.3 is 14.7 Å². The van der Waals surface area contributed by atoms with Crippen LogP contribution >= 0.6 is 0 Å². The van der Waals surface area contributed by atoms with Crippen LogP contribution in [0.5, 0.6) is 0 Å². The molecule has 3 heteroatoms. The molecule has 0 heterocycles. The number of hydrogen-bond donors (Lipinski definition) is 0. The molecule has 252 valence electrons. The Bertz CT molecular complexity index is 2360. The van der Waals surface area contributed by atoms with Crippen LogP contribution in [0.25, 0.3) is 21.5 Å². The van der Waals surface area contributed by atoms with E-state index in [1.807, 2.05) is 0 Å². The standard InChI is InChI=1S/C50H37N3/c1-6-20-38(21-7-1)51(39-22-8-2-9-23-39)47-34-16-32-45-43(47)30-18-36-49(45)53(42-28-14-5-15-29-42)50-37-19-31-44-46(50)33-17-35-48(44)52(40-24-10-3-11-25-40)41-26-12-4-13-27-41/h1-37H. The molecule has 0 spiro atoms. The van der Waals surface area contributed by atoms with E-state index in [0.717, 1.165) is 62.0 Å². The molecule has 0 atom stereocenters. The molecule has 0 N–H and O–H groups in total. The maximum atomic E-state index is 2.42. The third-order valence-electron chi connectivity index (χ3n) is 9.79. The molecule has 9 aromatic rings. The predicted molar refractivity (Wildman–Crippen MR) is 226 cm³/mol. The molecule has 53 heavy (non-hydrogen) atoms. The maximum absolute atomic E-state index is 2.42. The third-order valence-corrected chi connectivity index (χ3v) is 9.79. The Labute approximate surface area is 310 Å². The van der Waals surface area contributed by atoms with E-state index < -0.39 is 0 Å². The normalized spacial score (nSPS) is 11.0. The molecule has 0 radical (unpaired) electrons. The van der Waals surface area contributed by atoms with Crippen LogP contribution in [0.1, 0.15) is 0 Å². The Morgan fingerprint density at radius 3 is 0.623 bits per heavy atom. The van der Waals surface area contributed by atoms with Crippen LogP contribution < -0.4 is 14.7 Å². The number of anilines is 9. The quantitative estimate of drug-likeness (QED) is 0.150. The summed E-state index contributed by atoms with van der Waals surface area (Å²) in [7, 11) is 0. The van der Waals surface area contributed by atoms with Gasteiger partial charge in [0.1, 0.15) is 0 Å². The van der Waals surface area contributed by atoms with Crippen LogP contribution in [0.3, 0.4) is 0 Å². The molecule has 0 aliphatic carbocycles. The minimum absolute atomic E-state index is 1.09. The highest BCUT2D eigenvalue weighted by atomic mass is 15.2. The molecule has 0 aromatic heterocycles. The van der Waals surface area contributed by atoms with Crippen molar-refractivity contribution in [2.45, 2.75) is 0 Å². The summed E-state index contributed by atoms with van der Waals surface area (Å²) in [6, 6.07) is 79.9. The van der Waals surface area contributed by atoms with Gasteiger partial charge in [0, 0.05) is 50.0 Å². The molecule has 0 bridgehead atoms. The van der Waals surface area contributed by atoms with Crippen LogP contribution in [-0.4, -0.2) is 0 Å². The van der Waals surface area contributed by atoms with Gasteiger partial charge in [-0.05, 0) is 84.9 Å². The van der Waals surface area contributed by atoms with Gasteiger partial charge in [0.2, 0.25) is 0 Å². The Balaban J connectivity index is 1.27. The zero-order valence-corrected chi connectivity index (χ0v) is 29.2. The number of para-hydroxylation sites is 5. The van der Waals surface area contributed by atoms with Gasteiger partial charge >= 0.3 is 0 Å². The van der Waals surface area contributed by atoms with Crippen molar-refractivity contribution in [3.05, 3.63) is 224 Å². The van der Waals surface area contributed by atoms with Gasteiger partial charge in [-0.25, -0.2) is 0 Å². The predicted octanol–water partition coefficient (Wildman–Crippen LogP) is 14.4. The summed E-state index contributed by atoms with van der Waals surface area (Å²) in [4.78, 5) is 7.12. The monoisotopic (exact) mass is 679 g/mol. The van der Waals surface area contributed by atoms with Crippen LogP contribution in [0, 0.1) is 0 Å². The van der Waals surface area contributed by atoms with E-state index in [9.17, 15) is 0 Å². The van der Waals surface area contributed by atoms with Crippen molar-refractivity contribution in [1.82, 2.24) is 0 Å². The van der Waals surface area contributed by atoms with Crippen molar-refractivity contribution in [3.63, 3.8) is 0 Å². The van der Waals surface area contributed by atoms with Crippen LogP contribution in [-0.2, 0) is 0 Å². The van der Waals surface area contributed by atoms with E-state index in [1.54, 1.807) is 0 Å². The van der Waals surface area contributed by atoms with Gasteiger partial charge in [-0.3, -0.25) is 0 Å². The molecular formula is C50H37N3. The van der Waals surface area contributed by atoms with Gasteiger partial charge in [-0.15, -0.1) is 0 Å².